The molecule has 2 aromatic heterocycles. The molecule has 0 radical (unpaired) electrons. The Hall–Kier alpha value is -1.89. The average molecular weight is 376 g/mol. The van der Waals surface area contributed by atoms with Crippen LogP contribution in [0.15, 0.2) is 9.59 Å². The number of nitrogens with zero attached hydrogens (tertiary/aromatic N) is 5. The lowest BCUT2D eigenvalue weighted by molar-refractivity contribution is 0.130. The highest BCUT2D eigenvalue weighted by Gasteiger charge is 2.25. The van der Waals surface area contributed by atoms with Crippen LogP contribution in [0.4, 0.5) is 0 Å². The molecule has 1 fully saturated rings. The fourth-order valence-electron chi connectivity index (χ4n) is 4.36. The molecular formula is C20H33N5O2. The zero-order valence-electron chi connectivity index (χ0n) is 17.5. The number of aromatic nitrogens is 4. The van der Waals surface area contributed by atoms with E-state index in [1.807, 2.05) is 0 Å². The van der Waals surface area contributed by atoms with Crippen LogP contribution in [0.25, 0.3) is 11.2 Å². The number of hydrogen-bond donors (Lipinski definition) is 0. The largest absolute Gasteiger partial charge is 0.332 e. The van der Waals surface area contributed by atoms with Gasteiger partial charge in [0.25, 0.3) is 5.56 Å². The van der Waals surface area contributed by atoms with Crippen LogP contribution in [-0.2, 0) is 27.2 Å². The van der Waals surface area contributed by atoms with Crippen LogP contribution < -0.4 is 11.2 Å². The van der Waals surface area contributed by atoms with Gasteiger partial charge >= 0.3 is 5.69 Å². The van der Waals surface area contributed by atoms with Gasteiger partial charge in [-0.25, -0.2) is 9.78 Å². The summed E-state index contributed by atoms with van der Waals surface area (Å²) in [6.07, 6.45) is 2.23. The molecule has 0 amide bonds. The molecule has 27 heavy (non-hydrogen) atoms. The molecule has 3 heterocycles. The van der Waals surface area contributed by atoms with E-state index >= 15 is 0 Å². The molecule has 0 spiro atoms. The highest BCUT2D eigenvalue weighted by Crippen LogP contribution is 2.23. The van der Waals surface area contributed by atoms with Gasteiger partial charge in [-0.2, -0.15) is 0 Å². The number of hydrogen-bond acceptors (Lipinski definition) is 4. The molecular weight excluding hydrogens is 342 g/mol. The van der Waals surface area contributed by atoms with Crippen molar-refractivity contribution in [2.45, 2.75) is 53.6 Å². The van der Waals surface area contributed by atoms with E-state index in [1.165, 1.54) is 22.6 Å². The van der Waals surface area contributed by atoms with Crippen molar-refractivity contribution in [3.8, 4) is 0 Å². The van der Waals surface area contributed by atoms with Crippen LogP contribution in [-0.4, -0.2) is 36.7 Å². The van der Waals surface area contributed by atoms with Crippen molar-refractivity contribution in [3.05, 3.63) is 26.7 Å². The van der Waals surface area contributed by atoms with Gasteiger partial charge in [-0.1, -0.05) is 27.7 Å². The third kappa shape index (κ3) is 3.88. The molecule has 2 atom stereocenters. The summed E-state index contributed by atoms with van der Waals surface area (Å²) in [5, 5.41) is 0. The van der Waals surface area contributed by atoms with Gasteiger partial charge in [0.2, 0.25) is 0 Å². The van der Waals surface area contributed by atoms with Crippen molar-refractivity contribution in [2.24, 2.45) is 31.8 Å². The van der Waals surface area contributed by atoms with Gasteiger partial charge in [-0.05, 0) is 30.6 Å². The Morgan fingerprint density at radius 1 is 1.07 bits per heavy atom. The van der Waals surface area contributed by atoms with E-state index in [2.05, 4.69) is 37.2 Å². The molecule has 7 nitrogen and oxygen atoms in total. The first kappa shape index (κ1) is 19.9. The summed E-state index contributed by atoms with van der Waals surface area (Å²) in [6.45, 7) is 12.5. The second-order valence-electron chi connectivity index (χ2n) is 8.88. The molecule has 1 aliphatic rings. The Labute approximate surface area is 160 Å². The molecule has 2 aromatic rings. The van der Waals surface area contributed by atoms with Crippen LogP contribution >= 0.6 is 0 Å². The summed E-state index contributed by atoms with van der Waals surface area (Å²) in [5.74, 6) is 2.76. The van der Waals surface area contributed by atoms with E-state index in [9.17, 15) is 9.59 Å². The maximum Gasteiger partial charge on any atom is 0.332 e. The first-order valence-electron chi connectivity index (χ1n) is 10.1. The Balaban J connectivity index is 2.09. The number of piperidine rings is 1. The predicted octanol–water partition coefficient (Wildman–Crippen LogP) is 1.96. The molecule has 0 unspecified atom stereocenters. The van der Waals surface area contributed by atoms with Crippen LogP contribution in [0.2, 0.25) is 0 Å². The van der Waals surface area contributed by atoms with Crippen LogP contribution in [0.5, 0.6) is 0 Å². The lowest BCUT2D eigenvalue weighted by Crippen LogP contribution is -2.39. The minimum absolute atomic E-state index is 0.254. The van der Waals surface area contributed by atoms with Gasteiger partial charge in [0.05, 0.1) is 6.54 Å². The van der Waals surface area contributed by atoms with Gasteiger partial charge < -0.3 is 4.57 Å². The van der Waals surface area contributed by atoms with E-state index in [1.54, 1.807) is 7.05 Å². The normalized spacial score (nSPS) is 21.4. The molecule has 7 heteroatoms. The Morgan fingerprint density at radius 2 is 1.70 bits per heavy atom. The third-order valence-electron chi connectivity index (χ3n) is 5.67. The SMILES string of the molecule is CC(C)CCn1c(CN2C[C@H](C)C[C@@H](C)C2)nc2c1c(=O)n(C)c(=O)n2C. The fourth-order valence-corrected chi connectivity index (χ4v) is 4.36. The maximum atomic E-state index is 12.9. The van der Waals surface area contributed by atoms with Crippen LogP contribution in [0.1, 0.15) is 46.4 Å². The molecule has 3 rings (SSSR count). The van der Waals surface area contributed by atoms with Crippen molar-refractivity contribution < 1.29 is 0 Å². The highest BCUT2D eigenvalue weighted by molar-refractivity contribution is 5.71. The Morgan fingerprint density at radius 3 is 2.30 bits per heavy atom. The van der Waals surface area contributed by atoms with Gasteiger partial charge in [-0.15, -0.1) is 0 Å². The first-order valence-corrected chi connectivity index (χ1v) is 10.1. The number of fused-ring (bicyclic) bond motifs is 1. The standard InChI is InChI=1S/C20H33N5O2/c1-13(2)7-8-25-16(12-24-10-14(3)9-15(4)11-24)21-18-17(25)19(26)23(6)20(27)22(18)5/h13-15H,7-12H2,1-6H3/t14-,15-/m1/s1. The third-order valence-corrected chi connectivity index (χ3v) is 5.67. The maximum absolute atomic E-state index is 12.9. The van der Waals surface area contributed by atoms with Gasteiger partial charge in [0.15, 0.2) is 11.2 Å². The van der Waals surface area contributed by atoms with E-state index in [4.69, 9.17) is 4.98 Å². The molecule has 0 aromatic carbocycles. The molecule has 0 bridgehead atoms. The van der Waals surface area contributed by atoms with Gasteiger partial charge in [0, 0.05) is 33.7 Å². The average Bonchev–Trinajstić information content (AvgIpc) is 2.93. The summed E-state index contributed by atoms with van der Waals surface area (Å²) >= 11 is 0. The lowest BCUT2D eigenvalue weighted by atomic mass is 9.92. The number of likely N-dealkylation sites (tertiary alicyclic amines) is 1. The second-order valence-corrected chi connectivity index (χ2v) is 8.88. The first-order chi connectivity index (χ1) is 12.7. The summed E-state index contributed by atoms with van der Waals surface area (Å²) in [7, 11) is 3.23. The van der Waals surface area contributed by atoms with Crippen molar-refractivity contribution in [1.29, 1.82) is 0 Å². The zero-order valence-corrected chi connectivity index (χ0v) is 17.5. The van der Waals surface area contributed by atoms with E-state index in [-0.39, 0.29) is 11.2 Å². The fraction of sp³-hybridized carbons (Fsp3) is 0.750. The quantitative estimate of drug-likeness (QED) is 0.801. The van der Waals surface area contributed by atoms with Crippen molar-refractivity contribution >= 4 is 11.2 Å². The van der Waals surface area contributed by atoms with E-state index < -0.39 is 0 Å². The zero-order chi connectivity index (χ0) is 19.9. The Bertz CT molecular complexity index is 926. The van der Waals surface area contributed by atoms with E-state index in [0.717, 1.165) is 38.4 Å². The second kappa shape index (κ2) is 7.62. The minimum atomic E-state index is -0.326. The smallest absolute Gasteiger partial charge is 0.321 e. The van der Waals surface area contributed by atoms with E-state index in [0.29, 0.717) is 28.9 Å². The number of imidazole rings is 1. The molecule has 0 aliphatic carbocycles. The van der Waals surface area contributed by atoms with Gasteiger partial charge in [-0.3, -0.25) is 18.8 Å². The summed E-state index contributed by atoms with van der Waals surface area (Å²) < 4.78 is 4.74. The molecule has 150 valence electrons. The number of rotatable bonds is 5. The molecule has 0 N–H and O–H groups in total. The topological polar surface area (TPSA) is 65.1 Å². The molecule has 1 aliphatic heterocycles. The van der Waals surface area contributed by atoms with Crippen molar-refractivity contribution in [1.82, 2.24) is 23.6 Å². The minimum Gasteiger partial charge on any atom is -0.321 e. The van der Waals surface area contributed by atoms with Crippen LogP contribution in [0.3, 0.4) is 0 Å². The highest BCUT2D eigenvalue weighted by atomic mass is 16.2. The summed E-state index contributed by atoms with van der Waals surface area (Å²) in [5.41, 5.74) is 0.470. The Kier molecular flexibility index (Phi) is 5.60. The van der Waals surface area contributed by atoms with Gasteiger partial charge in [0.1, 0.15) is 5.82 Å². The predicted molar refractivity (Wildman–Crippen MR) is 108 cm³/mol. The lowest BCUT2D eigenvalue weighted by Gasteiger charge is -2.34. The van der Waals surface area contributed by atoms with Crippen molar-refractivity contribution in [2.75, 3.05) is 13.1 Å². The summed E-state index contributed by atoms with van der Waals surface area (Å²) in [6, 6.07) is 0. The summed E-state index contributed by atoms with van der Waals surface area (Å²) in [4.78, 5) is 32.4. The molecule has 1 saturated heterocycles. The molecule has 0 saturated carbocycles. The monoisotopic (exact) mass is 375 g/mol. The van der Waals surface area contributed by atoms with Crippen LogP contribution in [0, 0.1) is 17.8 Å². The van der Waals surface area contributed by atoms with Crippen molar-refractivity contribution in [3.63, 3.8) is 0 Å². The number of aryl methyl sites for hydroxylation is 2.